The van der Waals surface area contributed by atoms with E-state index in [2.05, 4.69) is 4.57 Å². The smallest absolute Gasteiger partial charge is 0.337 e. The van der Waals surface area contributed by atoms with Crippen LogP contribution < -0.4 is 0 Å². The highest BCUT2D eigenvalue weighted by atomic mass is 16.5. The molecule has 0 saturated heterocycles. The van der Waals surface area contributed by atoms with Crippen molar-refractivity contribution in [3.8, 4) is 0 Å². The fraction of sp³-hybridized carbons (Fsp3) is 0.706. The van der Waals surface area contributed by atoms with Gasteiger partial charge in [0.05, 0.1) is 11.7 Å². The Kier molecular flexibility index (Phi) is 4.07. The van der Waals surface area contributed by atoms with Crippen LogP contribution in [0.25, 0.3) is 0 Å². The second kappa shape index (κ2) is 5.84. The molecule has 2 saturated carbocycles. The normalized spacial score (nSPS) is 24.9. The molecule has 0 spiro atoms. The molecule has 0 atom stereocenters. The van der Waals surface area contributed by atoms with E-state index in [-0.39, 0.29) is 0 Å². The zero-order valence-corrected chi connectivity index (χ0v) is 13.0. The van der Waals surface area contributed by atoms with Gasteiger partial charge in [-0.2, -0.15) is 0 Å². The maximum absolute atomic E-state index is 11.4. The number of aromatic nitrogens is 1. The summed E-state index contributed by atoms with van der Waals surface area (Å²) < 4.78 is 7.87. The van der Waals surface area contributed by atoms with Gasteiger partial charge in [0.1, 0.15) is 0 Å². The summed E-state index contributed by atoms with van der Waals surface area (Å²) in [5, 5.41) is 9.38. The predicted molar refractivity (Wildman–Crippen MR) is 80.9 cm³/mol. The predicted octanol–water partition coefficient (Wildman–Crippen LogP) is 3.58. The van der Waals surface area contributed by atoms with Crippen LogP contribution in [0.1, 0.15) is 66.7 Å². The standard InChI is InChI=1S/C17H25NO3/c1-3-21-14-9-12(10-14)6-7-18-11(2)8-15(17(19)20)16(18)13-4-5-13/h8,12-14H,3-7,9-10H2,1-2H3,(H,19,20). The molecule has 1 aromatic rings. The van der Waals surface area contributed by atoms with Gasteiger partial charge in [0.2, 0.25) is 0 Å². The number of aryl methyl sites for hydroxylation is 1. The van der Waals surface area contributed by atoms with Crippen molar-refractivity contribution in [3.05, 3.63) is 23.0 Å². The van der Waals surface area contributed by atoms with Gasteiger partial charge < -0.3 is 14.4 Å². The Morgan fingerprint density at radius 2 is 2.14 bits per heavy atom. The Hall–Kier alpha value is -1.29. The molecule has 21 heavy (non-hydrogen) atoms. The average Bonchev–Trinajstić information content (AvgIpc) is 3.17. The van der Waals surface area contributed by atoms with Crippen LogP contribution in [0.4, 0.5) is 0 Å². The number of rotatable bonds is 7. The molecule has 1 N–H and O–H groups in total. The molecular formula is C17H25NO3. The van der Waals surface area contributed by atoms with Crippen LogP contribution in [0, 0.1) is 12.8 Å². The Labute approximate surface area is 126 Å². The van der Waals surface area contributed by atoms with Crippen molar-refractivity contribution >= 4 is 5.97 Å². The first-order chi connectivity index (χ1) is 10.1. The van der Waals surface area contributed by atoms with E-state index in [0.29, 0.717) is 17.6 Å². The minimum atomic E-state index is -0.779. The second-order valence-electron chi connectivity index (χ2n) is 6.52. The first-order valence-corrected chi connectivity index (χ1v) is 8.15. The van der Waals surface area contributed by atoms with Crippen LogP contribution in [0.2, 0.25) is 0 Å². The molecule has 2 fully saturated rings. The molecule has 2 aliphatic carbocycles. The Morgan fingerprint density at radius 3 is 2.71 bits per heavy atom. The van der Waals surface area contributed by atoms with Crippen molar-refractivity contribution in [3.63, 3.8) is 0 Å². The van der Waals surface area contributed by atoms with Gasteiger partial charge in [-0.1, -0.05) is 0 Å². The summed E-state index contributed by atoms with van der Waals surface area (Å²) >= 11 is 0. The number of nitrogens with zero attached hydrogens (tertiary/aromatic N) is 1. The van der Waals surface area contributed by atoms with E-state index in [9.17, 15) is 9.90 Å². The third-order valence-electron chi connectivity index (χ3n) is 4.90. The monoisotopic (exact) mass is 291 g/mol. The fourth-order valence-corrected chi connectivity index (χ4v) is 3.56. The quantitative estimate of drug-likeness (QED) is 0.835. The third-order valence-corrected chi connectivity index (χ3v) is 4.90. The minimum absolute atomic E-state index is 0.461. The lowest BCUT2D eigenvalue weighted by molar-refractivity contribution is -0.0275. The second-order valence-corrected chi connectivity index (χ2v) is 6.52. The molecule has 0 aromatic carbocycles. The Bertz CT molecular complexity index is 524. The summed E-state index contributed by atoms with van der Waals surface area (Å²) in [5.41, 5.74) is 2.69. The zero-order chi connectivity index (χ0) is 15.0. The lowest BCUT2D eigenvalue weighted by Gasteiger charge is -2.35. The topological polar surface area (TPSA) is 51.5 Å². The number of hydrogen-bond acceptors (Lipinski definition) is 2. The van der Waals surface area contributed by atoms with Crippen LogP contribution in [0.5, 0.6) is 0 Å². The lowest BCUT2D eigenvalue weighted by atomic mass is 9.80. The van der Waals surface area contributed by atoms with Gasteiger partial charge in [0.25, 0.3) is 0 Å². The molecule has 116 valence electrons. The van der Waals surface area contributed by atoms with Crippen LogP contribution in [-0.2, 0) is 11.3 Å². The SMILES string of the molecule is CCOC1CC(CCn2c(C)cc(C(=O)O)c2C2CC2)C1. The van der Waals surface area contributed by atoms with Gasteiger partial charge in [-0.3, -0.25) is 0 Å². The van der Waals surface area contributed by atoms with Gasteiger partial charge in [0, 0.05) is 30.5 Å². The van der Waals surface area contributed by atoms with Crippen molar-refractivity contribution < 1.29 is 14.6 Å². The number of aromatic carboxylic acids is 1. The van der Waals surface area contributed by atoms with E-state index in [1.165, 1.54) is 12.8 Å². The highest BCUT2D eigenvalue weighted by molar-refractivity contribution is 5.89. The first kappa shape index (κ1) is 14.6. The summed E-state index contributed by atoms with van der Waals surface area (Å²) in [5.74, 6) is 0.435. The molecular weight excluding hydrogens is 266 g/mol. The first-order valence-electron chi connectivity index (χ1n) is 8.15. The molecule has 4 heteroatoms. The zero-order valence-electron chi connectivity index (χ0n) is 13.0. The van der Waals surface area contributed by atoms with E-state index in [1.807, 2.05) is 19.9 Å². The summed E-state index contributed by atoms with van der Waals surface area (Å²) in [4.78, 5) is 11.4. The number of ether oxygens (including phenoxy) is 1. The largest absolute Gasteiger partial charge is 0.478 e. The number of carboxylic acid groups (broad SMARTS) is 1. The van der Waals surface area contributed by atoms with Crippen molar-refractivity contribution in [2.75, 3.05) is 6.61 Å². The average molecular weight is 291 g/mol. The van der Waals surface area contributed by atoms with Crippen molar-refractivity contribution in [2.45, 2.75) is 64.5 Å². The van der Waals surface area contributed by atoms with Crippen molar-refractivity contribution in [2.24, 2.45) is 5.92 Å². The number of carbonyl (C=O) groups is 1. The molecule has 0 aliphatic heterocycles. The maximum Gasteiger partial charge on any atom is 0.337 e. The molecule has 0 amide bonds. The lowest BCUT2D eigenvalue weighted by Crippen LogP contribution is -2.32. The molecule has 0 unspecified atom stereocenters. The number of hydrogen-bond donors (Lipinski definition) is 1. The van der Waals surface area contributed by atoms with Gasteiger partial charge in [-0.15, -0.1) is 0 Å². The molecule has 0 radical (unpaired) electrons. The Morgan fingerprint density at radius 1 is 1.43 bits per heavy atom. The minimum Gasteiger partial charge on any atom is -0.478 e. The van der Waals surface area contributed by atoms with Crippen molar-refractivity contribution in [1.29, 1.82) is 0 Å². The van der Waals surface area contributed by atoms with Gasteiger partial charge in [-0.25, -0.2) is 4.79 Å². The van der Waals surface area contributed by atoms with Crippen LogP contribution >= 0.6 is 0 Å². The van der Waals surface area contributed by atoms with Crippen LogP contribution in [0.3, 0.4) is 0 Å². The van der Waals surface area contributed by atoms with E-state index in [0.717, 1.165) is 49.7 Å². The Balaban J connectivity index is 1.64. The van der Waals surface area contributed by atoms with E-state index in [1.54, 1.807) is 0 Å². The van der Waals surface area contributed by atoms with Gasteiger partial charge in [0.15, 0.2) is 0 Å². The number of carboxylic acids is 1. The molecule has 2 aliphatic rings. The molecule has 4 nitrogen and oxygen atoms in total. The van der Waals surface area contributed by atoms with Crippen molar-refractivity contribution in [1.82, 2.24) is 4.57 Å². The van der Waals surface area contributed by atoms with Gasteiger partial charge in [-0.05, 0) is 57.9 Å². The summed E-state index contributed by atoms with van der Waals surface area (Å²) in [6.07, 6.45) is 6.21. The highest BCUT2D eigenvalue weighted by Crippen LogP contribution is 2.43. The fourth-order valence-electron chi connectivity index (χ4n) is 3.56. The van der Waals surface area contributed by atoms with E-state index >= 15 is 0 Å². The van der Waals surface area contributed by atoms with E-state index in [4.69, 9.17) is 4.74 Å². The van der Waals surface area contributed by atoms with Crippen LogP contribution in [-0.4, -0.2) is 28.4 Å². The molecule has 0 bridgehead atoms. The molecule has 3 rings (SSSR count). The third kappa shape index (κ3) is 3.00. The van der Waals surface area contributed by atoms with Crippen LogP contribution in [0.15, 0.2) is 6.07 Å². The molecule has 1 aromatic heterocycles. The van der Waals surface area contributed by atoms with Gasteiger partial charge >= 0.3 is 5.97 Å². The van der Waals surface area contributed by atoms with E-state index < -0.39 is 5.97 Å². The maximum atomic E-state index is 11.4. The summed E-state index contributed by atoms with van der Waals surface area (Å²) in [6.45, 7) is 5.84. The molecule has 1 heterocycles. The summed E-state index contributed by atoms with van der Waals surface area (Å²) in [6, 6.07) is 1.85. The summed E-state index contributed by atoms with van der Waals surface area (Å²) in [7, 11) is 0. The highest BCUT2D eigenvalue weighted by Gasteiger charge is 2.34.